The number of rotatable bonds is 1. The number of hydrogen-bond acceptors (Lipinski definition) is 1. The first-order valence-corrected chi connectivity index (χ1v) is 4.74. The zero-order valence-electron chi connectivity index (χ0n) is 8.92. The summed E-state index contributed by atoms with van der Waals surface area (Å²) in [6.45, 7) is 8.94. The third kappa shape index (κ3) is 1.90. The van der Waals surface area contributed by atoms with Crippen LogP contribution in [0.25, 0.3) is 0 Å². The highest BCUT2D eigenvalue weighted by molar-refractivity contribution is 5.77. The normalized spacial score (nSPS) is 28.5. The lowest BCUT2D eigenvalue weighted by molar-refractivity contribution is -0.104. The summed E-state index contributed by atoms with van der Waals surface area (Å²) < 4.78 is 0. The molecule has 0 aromatic rings. The fourth-order valence-electron chi connectivity index (χ4n) is 1.39. The van der Waals surface area contributed by atoms with Gasteiger partial charge in [-0.05, 0) is 17.3 Å². The second-order valence-corrected chi connectivity index (χ2v) is 5.03. The van der Waals surface area contributed by atoms with Gasteiger partial charge >= 0.3 is 0 Å². The molecule has 1 heteroatoms. The van der Waals surface area contributed by atoms with Crippen molar-refractivity contribution >= 4 is 6.29 Å². The van der Waals surface area contributed by atoms with E-state index in [1.165, 1.54) is 0 Å². The number of aldehydes is 1. The second-order valence-electron chi connectivity index (χ2n) is 5.03. The Balaban J connectivity index is 2.87. The van der Waals surface area contributed by atoms with Gasteiger partial charge in [0.05, 0.1) is 0 Å². The topological polar surface area (TPSA) is 17.1 Å². The molecular formula is C12H18O. The maximum atomic E-state index is 10.5. The minimum Gasteiger partial charge on any atom is -0.298 e. The van der Waals surface area contributed by atoms with Crippen molar-refractivity contribution in [3.8, 4) is 0 Å². The van der Waals surface area contributed by atoms with Gasteiger partial charge in [-0.3, -0.25) is 4.79 Å². The molecule has 0 spiro atoms. The number of allylic oxidation sites excluding steroid dienone is 4. The molecule has 0 aliphatic heterocycles. The van der Waals surface area contributed by atoms with Gasteiger partial charge in [0, 0.05) is 5.57 Å². The van der Waals surface area contributed by atoms with E-state index in [-0.39, 0.29) is 10.8 Å². The van der Waals surface area contributed by atoms with Crippen molar-refractivity contribution in [3.05, 3.63) is 23.8 Å². The maximum absolute atomic E-state index is 10.5. The molecule has 0 heterocycles. The van der Waals surface area contributed by atoms with Crippen LogP contribution in [0.2, 0.25) is 0 Å². The van der Waals surface area contributed by atoms with E-state index in [0.29, 0.717) is 0 Å². The van der Waals surface area contributed by atoms with Gasteiger partial charge in [-0.25, -0.2) is 0 Å². The summed E-state index contributed by atoms with van der Waals surface area (Å²) in [4.78, 5) is 10.5. The maximum Gasteiger partial charge on any atom is 0.149 e. The molecule has 0 saturated carbocycles. The van der Waals surface area contributed by atoms with Crippen LogP contribution in [0.3, 0.4) is 0 Å². The van der Waals surface area contributed by atoms with Gasteiger partial charge in [0.1, 0.15) is 6.29 Å². The molecule has 1 aliphatic rings. The fraction of sp³-hybridized carbons (Fsp3) is 0.583. The van der Waals surface area contributed by atoms with E-state index >= 15 is 0 Å². The lowest BCUT2D eigenvalue weighted by Crippen LogP contribution is -2.31. The molecule has 0 N–H and O–H groups in total. The molecule has 0 radical (unpaired) electrons. The Hall–Kier alpha value is -0.850. The number of carbonyl (C=O) groups is 1. The van der Waals surface area contributed by atoms with E-state index in [0.717, 1.165) is 18.3 Å². The van der Waals surface area contributed by atoms with Gasteiger partial charge in [-0.1, -0.05) is 45.9 Å². The van der Waals surface area contributed by atoms with Gasteiger partial charge < -0.3 is 0 Å². The summed E-state index contributed by atoms with van der Waals surface area (Å²) in [5.74, 6) is 0. The van der Waals surface area contributed by atoms with Gasteiger partial charge in [0.15, 0.2) is 0 Å². The lowest BCUT2D eigenvalue weighted by Gasteiger charge is -2.40. The number of carbonyl (C=O) groups excluding carboxylic acids is 1. The van der Waals surface area contributed by atoms with Crippen molar-refractivity contribution in [3.63, 3.8) is 0 Å². The third-order valence-electron chi connectivity index (χ3n) is 3.25. The first kappa shape index (κ1) is 10.2. The van der Waals surface area contributed by atoms with Crippen LogP contribution >= 0.6 is 0 Å². The van der Waals surface area contributed by atoms with Crippen LogP contribution in [0, 0.1) is 10.8 Å². The van der Waals surface area contributed by atoms with Crippen LogP contribution in [0.15, 0.2) is 23.8 Å². The highest BCUT2D eigenvalue weighted by atomic mass is 16.1. The summed E-state index contributed by atoms with van der Waals surface area (Å²) in [6, 6.07) is 0. The smallest absolute Gasteiger partial charge is 0.149 e. The van der Waals surface area contributed by atoms with E-state index < -0.39 is 0 Å². The standard InChI is InChI=1S/C12H18O/c1-11(2,3)12(4)7-5-10(9-13)6-8-12/h5-7,9H,8H2,1-4H3. The van der Waals surface area contributed by atoms with Crippen LogP contribution < -0.4 is 0 Å². The first-order valence-electron chi connectivity index (χ1n) is 4.74. The summed E-state index contributed by atoms with van der Waals surface area (Å²) in [6.07, 6.45) is 8.00. The van der Waals surface area contributed by atoms with Crippen LogP contribution in [-0.4, -0.2) is 6.29 Å². The van der Waals surface area contributed by atoms with Gasteiger partial charge in [0.25, 0.3) is 0 Å². The molecule has 0 fully saturated rings. The van der Waals surface area contributed by atoms with Crippen molar-refractivity contribution in [2.75, 3.05) is 0 Å². The Kier molecular flexibility index (Phi) is 2.47. The monoisotopic (exact) mass is 178 g/mol. The van der Waals surface area contributed by atoms with Crippen LogP contribution in [0.5, 0.6) is 0 Å². The van der Waals surface area contributed by atoms with E-state index in [4.69, 9.17) is 0 Å². The average molecular weight is 178 g/mol. The average Bonchev–Trinajstić information content (AvgIpc) is 2.04. The Labute approximate surface area is 80.5 Å². The first-order chi connectivity index (χ1) is 5.89. The molecule has 0 aromatic carbocycles. The summed E-state index contributed by atoms with van der Waals surface area (Å²) in [5.41, 5.74) is 1.23. The summed E-state index contributed by atoms with van der Waals surface area (Å²) in [7, 11) is 0. The Morgan fingerprint density at radius 1 is 1.46 bits per heavy atom. The van der Waals surface area contributed by atoms with Gasteiger partial charge in [0.2, 0.25) is 0 Å². The zero-order chi connectivity index (χ0) is 10.1. The molecule has 72 valence electrons. The molecule has 0 bridgehead atoms. The molecule has 1 aliphatic carbocycles. The summed E-state index contributed by atoms with van der Waals surface area (Å²) >= 11 is 0. The van der Waals surface area contributed by atoms with Crippen molar-refractivity contribution in [1.82, 2.24) is 0 Å². The van der Waals surface area contributed by atoms with Gasteiger partial charge in [-0.2, -0.15) is 0 Å². The molecule has 0 amide bonds. The second kappa shape index (κ2) is 3.13. The quantitative estimate of drug-likeness (QED) is 0.564. The molecule has 1 nitrogen and oxygen atoms in total. The Bertz CT molecular complexity index is 265. The number of hydrogen-bond donors (Lipinski definition) is 0. The zero-order valence-corrected chi connectivity index (χ0v) is 8.92. The molecule has 13 heavy (non-hydrogen) atoms. The van der Waals surface area contributed by atoms with E-state index in [1.807, 2.05) is 12.2 Å². The van der Waals surface area contributed by atoms with Crippen LogP contribution in [-0.2, 0) is 4.79 Å². The van der Waals surface area contributed by atoms with Crippen molar-refractivity contribution < 1.29 is 4.79 Å². The van der Waals surface area contributed by atoms with E-state index in [9.17, 15) is 4.79 Å². The van der Waals surface area contributed by atoms with Crippen LogP contribution in [0.1, 0.15) is 34.1 Å². The molecule has 1 unspecified atom stereocenters. The third-order valence-corrected chi connectivity index (χ3v) is 3.25. The molecular weight excluding hydrogens is 160 g/mol. The molecule has 0 aromatic heterocycles. The molecule has 1 rings (SSSR count). The van der Waals surface area contributed by atoms with E-state index in [2.05, 4.69) is 33.8 Å². The van der Waals surface area contributed by atoms with Gasteiger partial charge in [-0.15, -0.1) is 0 Å². The SMILES string of the molecule is CC(C)(C)C1(C)C=CC(C=O)=CC1. The minimum absolute atomic E-state index is 0.180. The highest BCUT2D eigenvalue weighted by Crippen LogP contribution is 2.44. The fourth-order valence-corrected chi connectivity index (χ4v) is 1.39. The van der Waals surface area contributed by atoms with E-state index in [1.54, 1.807) is 0 Å². The van der Waals surface area contributed by atoms with Crippen molar-refractivity contribution in [2.24, 2.45) is 10.8 Å². The van der Waals surface area contributed by atoms with Crippen molar-refractivity contribution in [1.29, 1.82) is 0 Å². The minimum atomic E-state index is 0.180. The Morgan fingerprint density at radius 2 is 2.08 bits per heavy atom. The predicted molar refractivity (Wildman–Crippen MR) is 55.5 cm³/mol. The lowest BCUT2D eigenvalue weighted by atomic mass is 9.64. The van der Waals surface area contributed by atoms with Crippen LogP contribution in [0.4, 0.5) is 0 Å². The summed E-state index contributed by atoms with van der Waals surface area (Å²) in [5, 5.41) is 0. The van der Waals surface area contributed by atoms with Crippen molar-refractivity contribution in [2.45, 2.75) is 34.1 Å². The molecule has 0 saturated heterocycles. The Morgan fingerprint density at radius 3 is 2.38 bits per heavy atom. The predicted octanol–water partition coefficient (Wildman–Crippen LogP) is 3.12. The highest BCUT2D eigenvalue weighted by Gasteiger charge is 2.35. The largest absolute Gasteiger partial charge is 0.298 e. The molecule has 1 atom stereocenters.